The van der Waals surface area contributed by atoms with Crippen LogP contribution in [-0.4, -0.2) is 38.7 Å². The minimum Gasteiger partial charge on any atom is -0.476 e. The van der Waals surface area contributed by atoms with Gasteiger partial charge in [-0.3, -0.25) is 9.11 Å². The Kier molecular flexibility index (Phi) is 7.52. The van der Waals surface area contributed by atoms with E-state index in [2.05, 4.69) is 4.90 Å². The van der Waals surface area contributed by atoms with Crippen molar-refractivity contribution >= 4 is 45.4 Å². The lowest BCUT2D eigenvalue weighted by atomic mass is 9.83. The third-order valence-corrected chi connectivity index (χ3v) is 8.89. The first-order valence-corrected chi connectivity index (χ1v) is 13.4. The molecule has 7 nitrogen and oxygen atoms in total. The van der Waals surface area contributed by atoms with E-state index >= 15 is 0 Å². The van der Waals surface area contributed by atoms with Crippen molar-refractivity contribution in [2.75, 3.05) is 29.2 Å². The number of thioether (sulfide) groups is 1. The number of carboxylic acids is 1. The molecule has 0 aromatic heterocycles. The molecule has 3 rings (SSSR count). The Morgan fingerprint density at radius 2 is 1.91 bits per heavy atom. The Labute approximate surface area is 198 Å². The van der Waals surface area contributed by atoms with Gasteiger partial charge in [0.05, 0.1) is 15.5 Å². The Bertz CT molecular complexity index is 1060. The number of nitrogens with two attached hydrogens (primary N) is 1. The van der Waals surface area contributed by atoms with E-state index in [0.29, 0.717) is 29.1 Å². The highest BCUT2D eigenvalue weighted by Gasteiger charge is 2.41. The van der Waals surface area contributed by atoms with Gasteiger partial charge in [-0.1, -0.05) is 13.8 Å². The highest BCUT2D eigenvalue weighted by Crippen LogP contribution is 2.61. The maximum atomic E-state index is 13.5. The number of fused-ring (bicyclic) bond motifs is 1. The van der Waals surface area contributed by atoms with Crippen molar-refractivity contribution < 1.29 is 28.1 Å². The van der Waals surface area contributed by atoms with Gasteiger partial charge in [0.25, 0.3) is 0 Å². The number of benzene rings is 2. The lowest BCUT2D eigenvalue weighted by Crippen LogP contribution is -2.36. The number of halogens is 1. The summed E-state index contributed by atoms with van der Waals surface area (Å²) in [7, 11) is -3.25. The molecular formula is C23H29FN2O5S2. The first-order chi connectivity index (χ1) is 15.6. The summed E-state index contributed by atoms with van der Waals surface area (Å²) >= 11 is 1.32. The number of hydrogen-bond donors (Lipinski definition) is 4. The molecular weight excluding hydrogens is 467 g/mol. The summed E-state index contributed by atoms with van der Waals surface area (Å²) in [4.78, 5) is 13.7. The molecule has 180 valence electrons. The van der Waals surface area contributed by atoms with E-state index < -0.39 is 22.4 Å². The molecule has 0 spiro atoms. The van der Waals surface area contributed by atoms with Crippen molar-refractivity contribution in [2.24, 2.45) is 5.41 Å². The van der Waals surface area contributed by atoms with Gasteiger partial charge in [0, 0.05) is 35.2 Å². The summed E-state index contributed by atoms with van der Waals surface area (Å²) < 4.78 is 41.5. The van der Waals surface area contributed by atoms with Gasteiger partial charge in [-0.25, -0.2) is 4.79 Å². The normalized spacial score (nSPS) is 18.2. The van der Waals surface area contributed by atoms with Crippen LogP contribution >= 0.6 is 22.4 Å². The molecule has 0 unspecified atom stereocenters. The fourth-order valence-electron chi connectivity index (χ4n) is 3.95. The number of nitrogens with zero attached hydrogens (tertiary/aromatic N) is 1. The topological polar surface area (TPSA) is 116 Å². The van der Waals surface area contributed by atoms with Gasteiger partial charge in [0.1, 0.15) is 12.0 Å². The molecule has 10 heteroatoms. The molecule has 33 heavy (non-hydrogen) atoms. The molecule has 2 aromatic carbocycles. The SMILES string of the molecule is CCC1(CC)CN(c2ccc(N)cc2)c2cc(SC)c(OC=C(F)C(=O)O)cc2S(O)(O)C1. The van der Waals surface area contributed by atoms with Crippen LogP contribution in [0.2, 0.25) is 0 Å². The van der Waals surface area contributed by atoms with E-state index in [1.54, 1.807) is 24.5 Å². The van der Waals surface area contributed by atoms with Crippen LogP contribution < -0.4 is 15.4 Å². The van der Waals surface area contributed by atoms with Crippen molar-refractivity contribution in [3.05, 3.63) is 48.5 Å². The van der Waals surface area contributed by atoms with Gasteiger partial charge in [-0.15, -0.1) is 11.8 Å². The van der Waals surface area contributed by atoms with Crippen LogP contribution in [0.15, 0.2) is 58.3 Å². The molecule has 0 bridgehead atoms. The number of carboxylic acid groups (broad SMARTS) is 1. The molecule has 1 heterocycles. The molecule has 0 fully saturated rings. The number of hydrogen-bond acceptors (Lipinski definition) is 7. The number of ether oxygens (including phenoxy) is 1. The highest BCUT2D eigenvalue weighted by molar-refractivity contribution is 8.24. The summed E-state index contributed by atoms with van der Waals surface area (Å²) in [5.41, 5.74) is 7.61. The minimum atomic E-state index is -3.25. The summed E-state index contributed by atoms with van der Waals surface area (Å²) in [6, 6.07) is 10.6. The van der Waals surface area contributed by atoms with Crippen molar-refractivity contribution in [1.82, 2.24) is 0 Å². The quantitative estimate of drug-likeness (QED) is 0.152. The lowest BCUT2D eigenvalue weighted by molar-refractivity contribution is -0.134. The standard InChI is InChI=1S/C23H29FN2O5S2/c1-4-23(5-2)13-26(16-8-6-15(25)7-9-16)18-10-20(32-3)19(31-12-17(24)22(27)28)11-21(18)33(29,30)14-23/h6-12,29-30H,4-5,13-14,25H2,1-3H3,(H,27,28). The second-order valence-electron chi connectivity index (χ2n) is 8.06. The van der Waals surface area contributed by atoms with Crippen LogP contribution in [0.5, 0.6) is 5.75 Å². The Hall–Kier alpha value is -2.40. The average Bonchev–Trinajstić information content (AvgIpc) is 2.89. The zero-order chi connectivity index (χ0) is 24.4. The van der Waals surface area contributed by atoms with Crippen molar-refractivity contribution in [3.63, 3.8) is 0 Å². The second-order valence-corrected chi connectivity index (χ2v) is 11.0. The first kappa shape index (κ1) is 25.2. The predicted octanol–water partition coefficient (Wildman–Crippen LogP) is 6.33. The van der Waals surface area contributed by atoms with Gasteiger partial charge in [0.2, 0.25) is 5.83 Å². The van der Waals surface area contributed by atoms with Crippen LogP contribution in [0.25, 0.3) is 0 Å². The van der Waals surface area contributed by atoms with E-state index in [0.717, 1.165) is 18.5 Å². The van der Waals surface area contributed by atoms with Crippen LogP contribution in [0.4, 0.5) is 21.5 Å². The molecule has 0 saturated heterocycles. The molecule has 1 aliphatic heterocycles. The number of anilines is 3. The molecule has 0 amide bonds. The van der Waals surface area contributed by atoms with Crippen LogP contribution in [-0.2, 0) is 4.79 Å². The maximum absolute atomic E-state index is 13.5. The number of nitrogen functional groups attached to an aromatic ring is 1. The van der Waals surface area contributed by atoms with E-state index in [4.69, 9.17) is 15.6 Å². The zero-order valence-corrected chi connectivity index (χ0v) is 20.4. The molecule has 1 aliphatic rings. The van der Waals surface area contributed by atoms with E-state index in [1.165, 1.54) is 17.8 Å². The number of carbonyl (C=O) groups is 1. The maximum Gasteiger partial charge on any atom is 0.368 e. The predicted molar refractivity (Wildman–Crippen MR) is 133 cm³/mol. The fraction of sp³-hybridized carbons (Fsp3) is 0.348. The molecule has 0 aliphatic carbocycles. The number of rotatable bonds is 7. The van der Waals surface area contributed by atoms with Gasteiger partial charge in [-0.05, 0) is 49.4 Å². The van der Waals surface area contributed by atoms with Crippen LogP contribution in [0.1, 0.15) is 26.7 Å². The Balaban J connectivity index is 2.23. The van der Waals surface area contributed by atoms with Crippen molar-refractivity contribution in [1.29, 1.82) is 0 Å². The second kappa shape index (κ2) is 9.84. The van der Waals surface area contributed by atoms with Crippen molar-refractivity contribution in [2.45, 2.75) is 36.5 Å². The molecule has 0 radical (unpaired) electrons. The van der Waals surface area contributed by atoms with Gasteiger partial charge >= 0.3 is 5.97 Å². The fourth-order valence-corrected chi connectivity index (χ4v) is 6.80. The molecule has 2 aromatic rings. The smallest absolute Gasteiger partial charge is 0.368 e. The van der Waals surface area contributed by atoms with Gasteiger partial charge in [0.15, 0.2) is 0 Å². The third-order valence-electron chi connectivity index (χ3n) is 6.09. The largest absolute Gasteiger partial charge is 0.476 e. The van der Waals surface area contributed by atoms with E-state index in [-0.39, 0.29) is 21.8 Å². The zero-order valence-electron chi connectivity index (χ0n) is 18.7. The van der Waals surface area contributed by atoms with E-state index in [1.807, 2.05) is 26.0 Å². The van der Waals surface area contributed by atoms with Gasteiger partial charge < -0.3 is 20.5 Å². The summed E-state index contributed by atoms with van der Waals surface area (Å²) in [6.45, 7) is 4.64. The Morgan fingerprint density at radius 1 is 1.27 bits per heavy atom. The summed E-state index contributed by atoms with van der Waals surface area (Å²) in [5, 5.41) is 8.77. The highest BCUT2D eigenvalue weighted by atomic mass is 32.3. The average molecular weight is 497 g/mol. The van der Waals surface area contributed by atoms with Crippen LogP contribution in [0.3, 0.4) is 0 Å². The summed E-state index contributed by atoms with van der Waals surface area (Å²) in [6.07, 6.45) is 3.79. The third kappa shape index (κ3) is 5.24. The van der Waals surface area contributed by atoms with Crippen molar-refractivity contribution in [3.8, 4) is 5.75 Å². The lowest BCUT2D eigenvalue weighted by Gasteiger charge is -2.40. The minimum absolute atomic E-state index is 0.148. The molecule has 0 atom stereocenters. The van der Waals surface area contributed by atoms with Crippen LogP contribution in [0, 0.1) is 5.41 Å². The molecule has 0 saturated carbocycles. The van der Waals surface area contributed by atoms with Gasteiger partial charge in [-0.2, -0.15) is 15.0 Å². The summed E-state index contributed by atoms with van der Waals surface area (Å²) in [5.74, 6) is -2.88. The number of aliphatic carboxylic acids is 1. The molecule has 5 N–H and O–H groups in total. The Morgan fingerprint density at radius 3 is 2.45 bits per heavy atom. The van der Waals surface area contributed by atoms with E-state index in [9.17, 15) is 18.3 Å². The first-order valence-electron chi connectivity index (χ1n) is 10.4. The monoisotopic (exact) mass is 496 g/mol.